The molecule has 0 aliphatic rings. The first-order chi connectivity index (χ1) is 17.6. The molecule has 3 aromatic rings. The number of rotatable bonds is 10. The van der Waals surface area contributed by atoms with E-state index in [1.807, 2.05) is 39.8 Å². The summed E-state index contributed by atoms with van der Waals surface area (Å²) in [5, 5.41) is 4.01. The van der Waals surface area contributed by atoms with Gasteiger partial charge in [-0.25, -0.2) is 4.79 Å². The van der Waals surface area contributed by atoms with E-state index >= 15 is 0 Å². The highest BCUT2D eigenvalue weighted by Gasteiger charge is 2.30. The van der Waals surface area contributed by atoms with Gasteiger partial charge < -0.3 is 9.47 Å². The third-order valence-corrected chi connectivity index (χ3v) is 5.44. The Labute approximate surface area is 224 Å². The lowest BCUT2D eigenvalue weighted by Crippen LogP contribution is -2.24. The molecule has 37 heavy (non-hydrogen) atoms. The van der Waals surface area contributed by atoms with Gasteiger partial charge in [0.15, 0.2) is 0 Å². The molecule has 0 aliphatic carbocycles. The highest BCUT2D eigenvalue weighted by molar-refractivity contribution is 6.55. The SMILES string of the molecule is CC.Cc1cc(OCC=C(Cl)Cl)cc(C)c1OCCCCn1cnn(-c2ccc(C(F)(F)F)cc2)c1=O. The Morgan fingerprint density at radius 2 is 1.65 bits per heavy atom. The Hall–Kier alpha value is -2.91. The summed E-state index contributed by atoms with van der Waals surface area (Å²) in [7, 11) is 0. The van der Waals surface area contributed by atoms with Crippen LogP contribution >= 0.6 is 23.2 Å². The largest absolute Gasteiger partial charge is 0.493 e. The summed E-state index contributed by atoms with van der Waals surface area (Å²) >= 11 is 11.2. The summed E-state index contributed by atoms with van der Waals surface area (Å²) in [5.41, 5.74) is 0.920. The van der Waals surface area contributed by atoms with Crippen LogP contribution in [0, 0.1) is 13.8 Å². The topological polar surface area (TPSA) is 58.3 Å². The lowest BCUT2D eigenvalue weighted by molar-refractivity contribution is -0.137. The second-order valence-electron chi connectivity index (χ2n) is 7.81. The van der Waals surface area contributed by atoms with Crippen molar-refractivity contribution in [1.82, 2.24) is 14.3 Å². The minimum absolute atomic E-state index is 0.146. The highest BCUT2D eigenvalue weighted by atomic mass is 35.5. The standard InChI is InChI=1S/C24H24Cl2F3N3O3.C2H6/c1-16-13-20(34-12-9-21(25)26)14-17(2)22(16)35-11-4-3-10-31-15-30-32(23(31)33)19-7-5-18(6-8-19)24(27,28)29;1-2/h5-9,13-15H,3-4,10-12H2,1-2H3;1-2H3. The summed E-state index contributed by atoms with van der Waals surface area (Å²) < 4.78 is 52.4. The first kappa shape index (κ1) is 30.3. The molecule has 0 fully saturated rings. The van der Waals surface area contributed by atoms with E-state index in [0.29, 0.717) is 31.7 Å². The van der Waals surface area contributed by atoms with Crippen LogP contribution in [0.25, 0.3) is 5.69 Å². The second kappa shape index (κ2) is 14.1. The smallest absolute Gasteiger partial charge is 0.416 e. The molecule has 0 bridgehead atoms. The van der Waals surface area contributed by atoms with E-state index in [1.54, 1.807) is 6.08 Å². The van der Waals surface area contributed by atoms with Gasteiger partial charge in [0.1, 0.15) is 28.9 Å². The number of alkyl halides is 3. The maximum absolute atomic E-state index is 12.7. The number of benzene rings is 2. The molecule has 0 amide bonds. The van der Waals surface area contributed by atoms with Crippen molar-refractivity contribution in [1.29, 1.82) is 0 Å². The molecule has 1 heterocycles. The summed E-state index contributed by atoms with van der Waals surface area (Å²) in [5.74, 6) is 1.46. The number of aromatic nitrogens is 3. The molecule has 0 radical (unpaired) electrons. The molecule has 0 spiro atoms. The third-order valence-electron chi connectivity index (χ3n) is 5.13. The number of ether oxygens (including phenoxy) is 2. The summed E-state index contributed by atoms with van der Waals surface area (Å²) in [6.07, 6.45) is -0.164. The zero-order chi connectivity index (χ0) is 27.6. The van der Waals surface area contributed by atoms with Crippen molar-refractivity contribution in [3.63, 3.8) is 0 Å². The molecule has 0 N–H and O–H groups in total. The van der Waals surface area contributed by atoms with Crippen LogP contribution < -0.4 is 15.2 Å². The van der Waals surface area contributed by atoms with Gasteiger partial charge >= 0.3 is 11.9 Å². The fourth-order valence-corrected chi connectivity index (χ4v) is 3.56. The van der Waals surface area contributed by atoms with Gasteiger partial charge in [-0.3, -0.25) is 4.57 Å². The second-order valence-corrected chi connectivity index (χ2v) is 8.82. The lowest BCUT2D eigenvalue weighted by Gasteiger charge is -2.14. The summed E-state index contributed by atoms with van der Waals surface area (Å²) in [6, 6.07) is 8.03. The van der Waals surface area contributed by atoms with Crippen molar-refractivity contribution in [2.45, 2.75) is 53.3 Å². The van der Waals surface area contributed by atoms with E-state index in [4.69, 9.17) is 32.7 Å². The zero-order valence-electron chi connectivity index (χ0n) is 21.1. The Kier molecular flexibility index (Phi) is 11.6. The molecular weight excluding hydrogens is 530 g/mol. The van der Waals surface area contributed by atoms with E-state index in [1.165, 1.54) is 23.0 Å². The van der Waals surface area contributed by atoms with Gasteiger partial charge in [-0.1, -0.05) is 37.0 Å². The maximum atomic E-state index is 12.7. The maximum Gasteiger partial charge on any atom is 0.416 e. The van der Waals surface area contributed by atoms with Crippen molar-refractivity contribution >= 4 is 23.2 Å². The van der Waals surface area contributed by atoms with Gasteiger partial charge in [0.05, 0.1) is 17.9 Å². The first-order valence-corrected chi connectivity index (χ1v) is 12.5. The molecule has 0 aliphatic heterocycles. The number of halogens is 5. The van der Waals surface area contributed by atoms with E-state index < -0.39 is 17.4 Å². The van der Waals surface area contributed by atoms with Crippen LogP contribution in [0.5, 0.6) is 11.5 Å². The summed E-state index contributed by atoms with van der Waals surface area (Å²) in [4.78, 5) is 12.5. The van der Waals surface area contributed by atoms with Crippen LogP contribution in [-0.4, -0.2) is 27.6 Å². The Morgan fingerprint density at radius 3 is 2.22 bits per heavy atom. The number of unbranched alkanes of at least 4 members (excludes halogenated alkanes) is 1. The quantitative estimate of drug-likeness (QED) is 0.245. The average molecular weight is 560 g/mol. The van der Waals surface area contributed by atoms with Crippen molar-refractivity contribution in [2.24, 2.45) is 0 Å². The predicted molar refractivity (Wildman–Crippen MR) is 140 cm³/mol. The fraction of sp³-hybridized carbons (Fsp3) is 0.385. The Balaban J connectivity index is 0.00000235. The molecule has 6 nitrogen and oxygen atoms in total. The number of aryl methyl sites for hydroxylation is 3. The van der Waals surface area contributed by atoms with Crippen LogP contribution in [-0.2, 0) is 12.7 Å². The van der Waals surface area contributed by atoms with Gasteiger partial charge in [-0.05, 0) is 80.3 Å². The van der Waals surface area contributed by atoms with Gasteiger partial charge in [-0.15, -0.1) is 0 Å². The van der Waals surface area contributed by atoms with Gasteiger partial charge in [-0.2, -0.15) is 23.0 Å². The normalized spacial score (nSPS) is 10.9. The molecule has 3 rings (SSSR count). The van der Waals surface area contributed by atoms with Crippen molar-refractivity contribution in [3.8, 4) is 17.2 Å². The van der Waals surface area contributed by atoms with E-state index in [2.05, 4.69) is 5.10 Å². The van der Waals surface area contributed by atoms with E-state index in [0.717, 1.165) is 33.7 Å². The molecule has 1 aromatic heterocycles. The van der Waals surface area contributed by atoms with Crippen LogP contribution in [0.1, 0.15) is 43.4 Å². The highest BCUT2D eigenvalue weighted by Crippen LogP contribution is 2.30. The minimum Gasteiger partial charge on any atom is -0.493 e. The fourth-order valence-electron chi connectivity index (χ4n) is 3.44. The van der Waals surface area contributed by atoms with Crippen LogP contribution in [0.4, 0.5) is 13.2 Å². The monoisotopic (exact) mass is 559 g/mol. The predicted octanol–water partition coefficient (Wildman–Crippen LogP) is 7.25. The minimum atomic E-state index is -4.44. The molecule has 11 heteroatoms. The molecule has 0 saturated heterocycles. The molecular formula is C26H30Cl2F3N3O3. The molecule has 0 unspecified atom stereocenters. The van der Waals surface area contributed by atoms with Crippen molar-refractivity contribution in [2.75, 3.05) is 13.2 Å². The van der Waals surface area contributed by atoms with Crippen LogP contribution in [0.3, 0.4) is 0 Å². The lowest BCUT2D eigenvalue weighted by atomic mass is 10.1. The van der Waals surface area contributed by atoms with Gasteiger partial charge in [0.2, 0.25) is 0 Å². The van der Waals surface area contributed by atoms with Crippen molar-refractivity contribution < 1.29 is 22.6 Å². The van der Waals surface area contributed by atoms with Gasteiger partial charge in [0.25, 0.3) is 0 Å². The molecule has 0 atom stereocenters. The van der Waals surface area contributed by atoms with Gasteiger partial charge in [0, 0.05) is 6.54 Å². The van der Waals surface area contributed by atoms with Crippen LogP contribution in [0.15, 0.2) is 58.1 Å². The number of nitrogens with zero attached hydrogens (tertiary/aromatic N) is 3. The Morgan fingerprint density at radius 1 is 1.03 bits per heavy atom. The number of hydrogen-bond donors (Lipinski definition) is 0. The van der Waals surface area contributed by atoms with Crippen LogP contribution in [0.2, 0.25) is 0 Å². The zero-order valence-corrected chi connectivity index (χ0v) is 22.6. The third kappa shape index (κ3) is 8.86. The van der Waals surface area contributed by atoms with E-state index in [9.17, 15) is 18.0 Å². The molecule has 202 valence electrons. The van der Waals surface area contributed by atoms with Crippen molar-refractivity contribution in [3.05, 3.63) is 80.5 Å². The molecule has 0 saturated carbocycles. The van der Waals surface area contributed by atoms with E-state index in [-0.39, 0.29) is 16.8 Å². The average Bonchev–Trinajstić information content (AvgIpc) is 3.21. The first-order valence-electron chi connectivity index (χ1n) is 11.8. The number of hydrogen-bond acceptors (Lipinski definition) is 4. The Bertz CT molecular complexity index is 1210. The summed E-state index contributed by atoms with van der Waals surface area (Å²) in [6.45, 7) is 8.97. The molecule has 2 aromatic carbocycles.